The van der Waals surface area contributed by atoms with Gasteiger partial charge in [0.1, 0.15) is 13.2 Å². The van der Waals surface area contributed by atoms with E-state index in [9.17, 15) is 14.4 Å². The van der Waals surface area contributed by atoms with E-state index in [0.717, 1.165) is 148 Å². The van der Waals surface area contributed by atoms with Crippen LogP contribution < -0.4 is 0 Å². The van der Waals surface area contributed by atoms with Crippen molar-refractivity contribution >= 4 is 17.9 Å². The van der Waals surface area contributed by atoms with Gasteiger partial charge in [-0.15, -0.1) is 0 Å². The number of hydrogen-bond acceptors (Lipinski definition) is 6. The first-order valence-electron chi connectivity index (χ1n) is 31.5. The number of carbonyl (C=O) groups excluding carboxylic acids is 3. The number of allylic oxidation sites excluding steroid dienone is 26. The van der Waals surface area contributed by atoms with Gasteiger partial charge in [-0.05, 0) is 128 Å². The largest absolute Gasteiger partial charge is 0.462 e. The summed E-state index contributed by atoms with van der Waals surface area (Å²) in [5.74, 6) is -0.951. The molecule has 438 valence electrons. The number of ether oxygens (including phenoxy) is 3. The summed E-state index contributed by atoms with van der Waals surface area (Å²) in [7, 11) is 0. The third-order valence-corrected chi connectivity index (χ3v) is 12.8. The molecular formula is C72H114O6. The second-order valence-electron chi connectivity index (χ2n) is 20.2. The Bertz CT molecular complexity index is 1760. The molecule has 0 amide bonds. The van der Waals surface area contributed by atoms with Crippen LogP contribution in [0.2, 0.25) is 0 Å². The van der Waals surface area contributed by atoms with Crippen LogP contribution in [0.25, 0.3) is 0 Å². The monoisotopic (exact) mass is 1070 g/mol. The van der Waals surface area contributed by atoms with Crippen LogP contribution in [0, 0.1) is 0 Å². The van der Waals surface area contributed by atoms with Gasteiger partial charge in [0.2, 0.25) is 0 Å². The van der Waals surface area contributed by atoms with E-state index in [0.29, 0.717) is 12.8 Å². The van der Waals surface area contributed by atoms with E-state index >= 15 is 0 Å². The number of rotatable bonds is 55. The first-order valence-corrected chi connectivity index (χ1v) is 31.5. The molecule has 0 aromatic carbocycles. The molecule has 0 saturated heterocycles. The van der Waals surface area contributed by atoms with E-state index in [1.54, 1.807) is 0 Å². The highest BCUT2D eigenvalue weighted by molar-refractivity contribution is 5.71. The molecule has 0 saturated carbocycles. The molecule has 0 aromatic heterocycles. The zero-order chi connectivity index (χ0) is 56.4. The molecule has 0 aliphatic rings. The summed E-state index contributed by atoms with van der Waals surface area (Å²) in [6.45, 7) is 6.31. The Labute approximate surface area is 480 Å². The van der Waals surface area contributed by atoms with Gasteiger partial charge in [0.15, 0.2) is 6.10 Å². The Hall–Kier alpha value is -4.97. The van der Waals surface area contributed by atoms with Crippen molar-refractivity contribution in [2.75, 3.05) is 13.2 Å². The summed E-state index contributed by atoms with van der Waals surface area (Å²) in [6.07, 6.45) is 94.2. The summed E-state index contributed by atoms with van der Waals surface area (Å²) in [5, 5.41) is 0. The highest BCUT2D eigenvalue weighted by Gasteiger charge is 2.19. The molecule has 0 N–H and O–H groups in total. The van der Waals surface area contributed by atoms with Crippen molar-refractivity contribution in [3.05, 3.63) is 158 Å². The Balaban J connectivity index is 4.21. The van der Waals surface area contributed by atoms with Crippen LogP contribution in [0.4, 0.5) is 0 Å². The van der Waals surface area contributed by atoms with Gasteiger partial charge >= 0.3 is 17.9 Å². The molecule has 0 heterocycles. The average Bonchev–Trinajstić information content (AvgIpc) is 3.44. The minimum Gasteiger partial charge on any atom is -0.462 e. The van der Waals surface area contributed by atoms with Crippen LogP contribution in [-0.2, 0) is 28.6 Å². The van der Waals surface area contributed by atoms with Crippen LogP contribution in [0.15, 0.2) is 158 Å². The van der Waals surface area contributed by atoms with E-state index in [2.05, 4.69) is 179 Å². The van der Waals surface area contributed by atoms with Gasteiger partial charge in [0.05, 0.1) is 0 Å². The van der Waals surface area contributed by atoms with E-state index < -0.39 is 6.10 Å². The Morgan fingerprint density at radius 1 is 0.269 bits per heavy atom. The molecule has 0 aliphatic heterocycles. The van der Waals surface area contributed by atoms with Crippen LogP contribution in [-0.4, -0.2) is 37.2 Å². The van der Waals surface area contributed by atoms with Gasteiger partial charge in [-0.1, -0.05) is 269 Å². The van der Waals surface area contributed by atoms with Crippen molar-refractivity contribution in [3.63, 3.8) is 0 Å². The number of hydrogen-bond donors (Lipinski definition) is 0. The van der Waals surface area contributed by atoms with E-state index in [1.165, 1.54) is 70.6 Å². The van der Waals surface area contributed by atoms with Gasteiger partial charge in [-0.2, -0.15) is 0 Å². The van der Waals surface area contributed by atoms with Gasteiger partial charge in [-0.3, -0.25) is 14.4 Å². The fourth-order valence-electron chi connectivity index (χ4n) is 8.13. The topological polar surface area (TPSA) is 78.9 Å². The Kier molecular flexibility index (Phi) is 60.4. The van der Waals surface area contributed by atoms with Crippen molar-refractivity contribution in [2.45, 2.75) is 264 Å². The lowest BCUT2D eigenvalue weighted by molar-refractivity contribution is -0.167. The zero-order valence-electron chi connectivity index (χ0n) is 50.1. The number of unbranched alkanes of at least 4 members (excludes halogenated alkanes) is 18. The maximum Gasteiger partial charge on any atom is 0.306 e. The Morgan fingerprint density at radius 2 is 0.500 bits per heavy atom. The SMILES string of the molecule is CC/C=C\C/C=C\C/C=C\C/C=C\C/C=C\C/C=C\C/C=C\CCCCCC(=O)OC(COC(=O)CCCCCCCC)COC(=O)CCCCCCCCCCCC/C=C\C/C=C\C/C=C\C/C=C\C/C=C\C/C=C\CC. The minimum atomic E-state index is -0.802. The lowest BCUT2D eigenvalue weighted by Gasteiger charge is -2.18. The smallest absolute Gasteiger partial charge is 0.306 e. The minimum absolute atomic E-state index is 0.0985. The van der Waals surface area contributed by atoms with Crippen LogP contribution in [0.1, 0.15) is 258 Å². The summed E-state index contributed by atoms with van der Waals surface area (Å²) in [6, 6.07) is 0. The van der Waals surface area contributed by atoms with E-state index in [1.807, 2.05) is 0 Å². The third kappa shape index (κ3) is 61.9. The fraction of sp³-hybridized carbons (Fsp3) is 0.597. The van der Waals surface area contributed by atoms with Gasteiger partial charge in [0.25, 0.3) is 0 Å². The van der Waals surface area contributed by atoms with Crippen molar-refractivity contribution in [2.24, 2.45) is 0 Å². The summed E-state index contributed by atoms with van der Waals surface area (Å²) < 4.78 is 16.8. The standard InChI is InChI=1S/C72H114O6/c1-4-7-10-13-16-18-20-22-24-26-28-30-32-34-35-36-37-39-40-42-44-46-48-50-52-54-56-59-62-65-71(74)77-68-69(67-76-70(73)64-61-58-15-12-9-6-3)78-72(75)66-63-60-57-55-53-51-49-47-45-43-41-38-33-31-29-27-25-23-21-19-17-14-11-8-5-2/h7-8,10-11,16-19,22-25,28-31,34-35,37-39,41,45,47,51,53,69H,4-6,9,12-15,20-21,26-27,32-33,36,40,42-44,46,48-50,52,54-68H2,1-3H3/b10-7-,11-8-,18-16-,19-17-,24-22-,25-23-,30-28-,31-29-,35-34-,39-37-,41-38-,47-45-,53-51-. The molecule has 0 aromatic rings. The second kappa shape index (κ2) is 64.6. The molecule has 0 fully saturated rings. The summed E-state index contributed by atoms with van der Waals surface area (Å²) >= 11 is 0. The van der Waals surface area contributed by atoms with Crippen LogP contribution in [0.3, 0.4) is 0 Å². The second-order valence-corrected chi connectivity index (χ2v) is 20.2. The van der Waals surface area contributed by atoms with E-state index in [-0.39, 0.29) is 37.5 Å². The predicted octanol–water partition coefficient (Wildman–Crippen LogP) is 21.7. The predicted molar refractivity (Wildman–Crippen MR) is 338 cm³/mol. The Morgan fingerprint density at radius 3 is 0.795 bits per heavy atom. The van der Waals surface area contributed by atoms with Crippen molar-refractivity contribution in [1.29, 1.82) is 0 Å². The molecule has 6 nitrogen and oxygen atoms in total. The number of esters is 3. The molecule has 78 heavy (non-hydrogen) atoms. The van der Waals surface area contributed by atoms with Gasteiger partial charge in [0, 0.05) is 19.3 Å². The molecular weight excluding hydrogens is 961 g/mol. The average molecular weight is 1080 g/mol. The van der Waals surface area contributed by atoms with Crippen molar-refractivity contribution in [1.82, 2.24) is 0 Å². The fourth-order valence-corrected chi connectivity index (χ4v) is 8.13. The quantitative estimate of drug-likeness (QED) is 0.0261. The normalized spacial score (nSPS) is 13.2. The molecule has 0 spiro atoms. The maximum absolute atomic E-state index is 12.8. The van der Waals surface area contributed by atoms with Crippen molar-refractivity contribution < 1.29 is 28.6 Å². The summed E-state index contributed by atoms with van der Waals surface area (Å²) in [5.41, 5.74) is 0. The molecule has 1 unspecified atom stereocenters. The molecule has 0 rings (SSSR count). The zero-order valence-corrected chi connectivity index (χ0v) is 50.1. The van der Waals surface area contributed by atoms with Gasteiger partial charge in [-0.25, -0.2) is 0 Å². The maximum atomic E-state index is 12.8. The molecule has 6 heteroatoms. The lowest BCUT2D eigenvalue weighted by Crippen LogP contribution is -2.30. The van der Waals surface area contributed by atoms with E-state index in [4.69, 9.17) is 14.2 Å². The molecule has 1 atom stereocenters. The highest BCUT2D eigenvalue weighted by Crippen LogP contribution is 2.14. The van der Waals surface area contributed by atoms with Gasteiger partial charge < -0.3 is 14.2 Å². The highest BCUT2D eigenvalue weighted by atomic mass is 16.6. The van der Waals surface area contributed by atoms with Crippen molar-refractivity contribution in [3.8, 4) is 0 Å². The number of carbonyl (C=O) groups is 3. The first-order chi connectivity index (χ1) is 38.5. The third-order valence-electron chi connectivity index (χ3n) is 12.8. The molecule has 0 bridgehead atoms. The molecule has 0 aliphatic carbocycles. The van der Waals surface area contributed by atoms with Crippen LogP contribution in [0.5, 0.6) is 0 Å². The molecule has 0 radical (unpaired) electrons. The van der Waals surface area contributed by atoms with Crippen LogP contribution >= 0.6 is 0 Å². The summed E-state index contributed by atoms with van der Waals surface area (Å²) in [4.78, 5) is 38.0. The lowest BCUT2D eigenvalue weighted by atomic mass is 10.1. The first kappa shape index (κ1) is 73.0.